The van der Waals surface area contributed by atoms with Gasteiger partial charge in [0.2, 0.25) is 5.91 Å². The largest absolute Gasteiger partial charge is 0.323 e. The number of nitrogens with zero attached hydrogens (tertiary/aromatic N) is 2. The number of thioether (sulfide) groups is 1. The zero-order valence-corrected chi connectivity index (χ0v) is 18.7. The lowest BCUT2D eigenvalue weighted by atomic mass is 10.1. The van der Waals surface area contributed by atoms with E-state index in [4.69, 9.17) is 0 Å². The first-order valence-corrected chi connectivity index (χ1v) is 11.9. The lowest BCUT2D eigenvalue weighted by Crippen LogP contribution is -2.23. The molecule has 5 aromatic rings. The van der Waals surface area contributed by atoms with Gasteiger partial charge in [0.15, 0.2) is 0 Å². The number of fused-ring (bicyclic) bond motifs is 2. The molecule has 32 heavy (non-hydrogen) atoms. The average molecular weight is 462 g/mol. The number of carbonyl (C=O) groups excluding carboxylic acids is 1. The Morgan fingerprint density at radius 3 is 2.88 bits per heavy atom. The zero-order valence-electron chi connectivity index (χ0n) is 17.1. The van der Waals surface area contributed by atoms with E-state index in [9.17, 15) is 9.59 Å². The standard InChI is InChI=1S/C23H19N5O2S2/c1-13(21(29)25-17-9-5-8-15-10-24-28-20(15)17)31-12-18-26-22(30)19-16(11-32-23(19)27-18)14-6-3-2-4-7-14/h2-11,13H,12H2,1H3,(H,24,28)(H,25,29)(H,26,27,30). The molecule has 0 aliphatic rings. The van der Waals surface area contributed by atoms with Gasteiger partial charge in [0.25, 0.3) is 5.56 Å². The van der Waals surface area contributed by atoms with E-state index in [2.05, 4.69) is 25.5 Å². The first kappa shape index (κ1) is 20.5. The lowest BCUT2D eigenvalue weighted by Gasteiger charge is -2.12. The molecule has 0 radical (unpaired) electrons. The maximum atomic E-state index is 12.8. The van der Waals surface area contributed by atoms with E-state index >= 15 is 0 Å². The molecule has 1 unspecified atom stereocenters. The van der Waals surface area contributed by atoms with Crippen molar-refractivity contribution in [3.05, 3.63) is 76.3 Å². The summed E-state index contributed by atoms with van der Waals surface area (Å²) < 4.78 is 0. The van der Waals surface area contributed by atoms with E-state index in [1.807, 2.05) is 60.8 Å². The number of aromatic nitrogens is 4. The van der Waals surface area contributed by atoms with E-state index in [0.717, 1.165) is 22.0 Å². The van der Waals surface area contributed by atoms with Gasteiger partial charge < -0.3 is 10.3 Å². The third-order valence-electron chi connectivity index (χ3n) is 5.15. The van der Waals surface area contributed by atoms with Crippen LogP contribution in [0.2, 0.25) is 0 Å². The number of carbonyl (C=O) groups is 1. The van der Waals surface area contributed by atoms with E-state index in [1.165, 1.54) is 23.1 Å². The minimum Gasteiger partial charge on any atom is -0.323 e. The van der Waals surface area contributed by atoms with Crippen molar-refractivity contribution in [3.63, 3.8) is 0 Å². The molecule has 1 atom stereocenters. The van der Waals surface area contributed by atoms with Crippen LogP contribution in [0.3, 0.4) is 0 Å². The fourth-order valence-electron chi connectivity index (χ4n) is 3.48. The monoisotopic (exact) mass is 461 g/mol. The van der Waals surface area contributed by atoms with Crippen LogP contribution in [-0.2, 0) is 10.5 Å². The Morgan fingerprint density at radius 1 is 1.19 bits per heavy atom. The van der Waals surface area contributed by atoms with Crippen molar-refractivity contribution in [2.75, 3.05) is 5.32 Å². The highest BCUT2D eigenvalue weighted by atomic mass is 32.2. The van der Waals surface area contributed by atoms with Gasteiger partial charge in [-0.15, -0.1) is 23.1 Å². The molecule has 7 nitrogen and oxygen atoms in total. The van der Waals surface area contributed by atoms with Crippen LogP contribution in [0.15, 0.2) is 64.9 Å². The van der Waals surface area contributed by atoms with Gasteiger partial charge in [0, 0.05) is 16.3 Å². The number of rotatable bonds is 6. The zero-order chi connectivity index (χ0) is 22.1. The van der Waals surface area contributed by atoms with E-state index in [1.54, 1.807) is 6.20 Å². The Labute approximate surface area is 191 Å². The summed E-state index contributed by atoms with van der Waals surface area (Å²) in [6, 6.07) is 15.4. The van der Waals surface area contributed by atoms with Crippen LogP contribution in [0.1, 0.15) is 12.7 Å². The van der Waals surface area contributed by atoms with Gasteiger partial charge in [-0.25, -0.2) is 4.98 Å². The molecule has 9 heteroatoms. The van der Waals surface area contributed by atoms with Crippen LogP contribution in [0.25, 0.3) is 32.2 Å². The number of amides is 1. The predicted octanol–water partition coefficient (Wildman–Crippen LogP) is 4.79. The Morgan fingerprint density at radius 2 is 2.03 bits per heavy atom. The lowest BCUT2D eigenvalue weighted by molar-refractivity contribution is -0.115. The van der Waals surface area contributed by atoms with Crippen LogP contribution in [0.4, 0.5) is 5.69 Å². The molecule has 5 rings (SSSR count). The molecular formula is C23H19N5O2S2. The normalized spacial score (nSPS) is 12.3. The van der Waals surface area contributed by atoms with Crippen molar-refractivity contribution >= 4 is 55.8 Å². The molecule has 0 aliphatic carbocycles. The molecule has 0 saturated carbocycles. The minimum absolute atomic E-state index is 0.122. The quantitative estimate of drug-likeness (QED) is 0.337. The number of anilines is 1. The van der Waals surface area contributed by atoms with Crippen LogP contribution >= 0.6 is 23.1 Å². The Kier molecular flexibility index (Phi) is 5.50. The summed E-state index contributed by atoms with van der Waals surface area (Å²) in [6.45, 7) is 1.84. The van der Waals surface area contributed by atoms with Crippen molar-refractivity contribution in [3.8, 4) is 11.1 Å². The Balaban J connectivity index is 1.30. The first-order valence-electron chi connectivity index (χ1n) is 10.0. The van der Waals surface area contributed by atoms with Gasteiger partial charge in [-0.2, -0.15) is 5.10 Å². The molecule has 0 aliphatic heterocycles. The summed E-state index contributed by atoms with van der Waals surface area (Å²) >= 11 is 2.87. The number of hydrogen-bond acceptors (Lipinski definition) is 6. The van der Waals surface area contributed by atoms with E-state index < -0.39 is 0 Å². The fourth-order valence-corrected chi connectivity index (χ4v) is 5.20. The van der Waals surface area contributed by atoms with Crippen LogP contribution < -0.4 is 10.9 Å². The van der Waals surface area contributed by atoms with Gasteiger partial charge in [-0.1, -0.05) is 42.5 Å². The second kappa shape index (κ2) is 8.60. The molecule has 3 N–H and O–H groups in total. The maximum absolute atomic E-state index is 12.8. The molecule has 0 bridgehead atoms. The van der Waals surface area contributed by atoms with Gasteiger partial charge in [0.1, 0.15) is 10.7 Å². The number of benzene rings is 2. The summed E-state index contributed by atoms with van der Waals surface area (Å²) in [5.41, 5.74) is 3.21. The molecule has 1 amide bonds. The number of para-hydroxylation sites is 1. The highest BCUT2D eigenvalue weighted by Crippen LogP contribution is 2.31. The van der Waals surface area contributed by atoms with Crippen LogP contribution in [0.5, 0.6) is 0 Å². The molecule has 0 saturated heterocycles. The summed E-state index contributed by atoms with van der Waals surface area (Å²) in [6.07, 6.45) is 1.72. The number of hydrogen-bond donors (Lipinski definition) is 3. The molecule has 0 spiro atoms. The van der Waals surface area contributed by atoms with Crippen LogP contribution in [0, 0.1) is 0 Å². The summed E-state index contributed by atoms with van der Waals surface area (Å²) in [5.74, 6) is 0.861. The second-order valence-corrected chi connectivity index (χ2v) is 9.48. The molecule has 2 aromatic carbocycles. The topological polar surface area (TPSA) is 104 Å². The van der Waals surface area contributed by atoms with Crippen molar-refractivity contribution < 1.29 is 4.79 Å². The van der Waals surface area contributed by atoms with E-state index in [0.29, 0.717) is 27.5 Å². The highest BCUT2D eigenvalue weighted by Gasteiger charge is 2.17. The predicted molar refractivity (Wildman–Crippen MR) is 131 cm³/mol. The average Bonchev–Trinajstić information content (AvgIpc) is 3.46. The minimum atomic E-state index is -0.336. The fraction of sp³-hybridized carbons (Fsp3) is 0.130. The van der Waals surface area contributed by atoms with Crippen molar-refractivity contribution in [1.82, 2.24) is 20.2 Å². The first-order chi connectivity index (χ1) is 15.6. The number of H-pyrrole nitrogens is 2. The highest BCUT2D eigenvalue weighted by molar-refractivity contribution is 7.99. The Hall–Kier alpha value is -3.43. The van der Waals surface area contributed by atoms with Gasteiger partial charge in [0.05, 0.1) is 33.8 Å². The maximum Gasteiger partial charge on any atom is 0.260 e. The Bertz CT molecular complexity index is 1470. The summed E-state index contributed by atoms with van der Waals surface area (Å²) in [5, 5.41) is 13.0. The molecular weight excluding hydrogens is 442 g/mol. The summed E-state index contributed by atoms with van der Waals surface area (Å²) in [4.78, 5) is 33.7. The summed E-state index contributed by atoms with van der Waals surface area (Å²) in [7, 11) is 0. The molecule has 160 valence electrons. The van der Waals surface area contributed by atoms with Crippen molar-refractivity contribution in [1.29, 1.82) is 0 Å². The van der Waals surface area contributed by atoms with Gasteiger partial charge in [-0.05, 0) is 18.6 Å². The second-order valence-electron chi connectivity index (χ2n) is 7.29. The third kappa shape index (κ3) is 3.92. The van der Waals surface area contributed by atoms with E-state index in [-0.39, 0.29) is 16.7 Å². The number of thiophene rings is 1. The smallest absolute Gasteiger partial charge is 0.260 e. The number of aromatic amines is 2. The molecule has 3 heterocycles. The molecule has 0 fully saturated rings. The van der Waals surface area contributed by atoms with Crippen molar-refractivity contribution in [2.24, 2.45) is 0 Å². The van der Waals surface area contributed by atoms with Crippen LogP contribution in [-0.4, -0.2) is 31.3 Å². The molecule has 3 aromatic heterocycles. The number of nitrogens with one attached hydrogen (secondary N) is 3. The van der Waals surface area contributed by atoms with Gasteiger partial charge in [-0.3, -0.25) is 14.7 Å². The van der Waals surface area contributed by atoms with Gasteiger partial charge >= 0.3 is 0 Å². The third-order valence-corrected chi connectivity index (χ3v) is 7.18. The SMILES string of the molecule is CC(SCc1nc2scc(-c3ccccc3)c2c(=O)[nH]1)C(=O)Nc1cccc2cn[nH]c12. The van der Waals surface area contributed by atoms with Crippen molar-refractivity contribution in [2.45, 2.75) is 17.9 Å².